The van der Waals surface area contributed by atoms with Crippen molar-refractivity contribution in [3.63, 3.8) is 0 Å². The van der Waals surface area contributed by atoms with Gasteiger partial charge in [0.25, 0.3) is 0 Å². The topological polar surface area (TPSA) is 64.0 Å². The van der Waals surface area contributed by atoms with E-state index < -0.39 is 10.0 Å². The summed E-state index contributed by atoms with van der Waals surface area (Å²) in [4.78, 5) is 0.247. The van der Waals surface area contributed by atoms with E-state index in [1.54, 1.807) is 20.9 Å². The van der Waals surface area contributed by atoms with Crippen molar-refractivity contribution in [1.29, 1.82) is 0 Å². The van der Waals surface area contributed by atoms with E-state index in [2.05, 4.69) is 9.82 Å². The highest BCUT2D eigenvalue weighted by Crippen LogP contribution is 2.12. The molecule has 0 aliphatic rings. The SMILES string of the molecule is CCNS(=O)(=O)c1cnn(C)c1C. The summed E-state index contributed by atoms with van der Waals surface area (Å²) in [5.74, 6) is 0. The highest BCUT2D eigenvalue weighted by atomic mass is 32.2. The number of nitrogens with one attached hydrogen (secondary N) is 1. The Hall–Kier alpha value is -0.880. The third-order valence-corrected chi connectivity index (χ3v) is 3.46. The van der Waals surface area contributed by atoms with E-state index in [1.807, 2.05) is 0 Å². The lowest BCUT2D eigenvalue weighted by atomic mass is 10.5. The van der Waals surface area contributed by atoms with Gasteiger partial charge in [0.05, 0.1) is 11.9 Å². The molecule has 0 unspecified atom stereocenters. The molecular weight excluding hydrogens is 190 g/mol. The molecule has 0 spiro atoms. The zero-order valence-electron chi connectivity index (χ0n) is 7.90. The first-order valence-electron chi connectivity index (χ1n) is 3.97. The number of hydrogen-bond acceptors (Lipinski definition) is 3. The van der Waals surface area contributed by atoms with Crippen LogP contribution in [-0.2, 0) is 17.1 Å². The molecule has 74 valence electrons. The van der Waals surface area contributed by atoms with Gasteiger partial charge in [-0.2, -0.15) is 5.10 Å². The second-order valence-corrected chi connectivity index (χ2v) is 4.45. The number of aryl methyl sites for hydroxylation is 1. The van der Waals surface area contributed by atoms with Gasteiger partial charge in [-0.1, -0.05) is 6.92 Å². The summed E-state index contributed by atoms with van der Waals surface area (Å²) < 4.78 is 26.9. The molecule has 6 heteroatoms. The Labute approximate surface area is 77.8 Å². The zero-order chi connectivity index (χ0) is 10.1. The molecule has 0 aromatic carbocycles. The molecule has 0 atom stereocenters. The fourth-order valence-electron chi connectivity index (χ4n) is 1.01. The zero-order valence-corrected chi connectivity index (χ0v) is 8.72. The largest absolute Gasteiger partial charge is 0.272 e. The maximum Gasteiger partial charge on any atom is 0.243 e. The quantitative estimate of drug-likeness (QED) is 0.753. The Bertz CT molecular complexity index is 394. The van der Waals surface area contributed by atoms with Crippen LogP contribution in [0.2, 0.25) is 0 Å². The van der Waals surface area contributed by atoms with Crippen molar-refractivity contribution in [2.75, 3.05) is 6.54 Å². The minimum atomic E-state index is -3.35. The van der Waals surface area contributed by atoms with Crippen molar-refractivity contribution in [2.45, 2.75) is 18.7 Å². The van der Waals surface area contributed by atoms with E-state index in [0.29, 0.717) is 12.2 Å². The average molecular weight is 203 g/mol. The molecule has 1 N–H and O–H groups in total. The molecule has 0 aliphatic heterocycles. The summed E-state index contributed by atoms with van der Waals surface area (Å²) in [6, 6.07) is 0. The summed E-state index contributed by atoms with van der Waals surface area (Å²) in [7, 11) is -1.64. The van der Waals surface area contributed by atoms with Gasteiger partial charge < -0.3 is 0 Å². The lowest BCUT2D eigenvalue weighted by molar-refractivity contribution is 0.583. The van der Waals surface area contributed by atoms with Crippen molar-refractivity contribution >= 4 is 10.0 Å². The van der Waals surface area contributed by atoms with E-state index in [-0.39, 0.29) is 4.90 Å². The van der Waals surface area contributed by atoms with Gasteiger partial charge >= 0.3 is 0 Å². The van der Waals surface area contributed by atoms with Crippen LogP contribution in [0.25, 0.3) is 0 Å². The maximum atomic E-state index is 11.5. The van der Waals surface area contributed by atoms with Crippen molar-refractivity contribution in [3.05, 3.63) is 11.9 Å². The van der Waals surface area contributed by atoms with Crippen LogP contribution in [0, 0.1) is 6.92 Å². The molecule has 0 amide bonds. The van der Waals surface area contributed by atoms with Crippen LogP contribution in [0.5, 0.6) is 0 Å². The molecule has 1 aromatic heterocycles. The molecule has 0 saturated heterocycles. The van der Waals surface area contributed by atoms with Crippen LogP contribution in [0.3, 0.4) is 0 Å². The summed E-state index contributed by atoms with van der Waals surface area (Å²) in [5.41, 5.74) is 0.640. The third-order valence-electron chi connectivity index (χ3n) is 1.81. The van der Waals surface area contributed by atoms with Gasteiger partial charge in [0.2, 0.25) is 10.0 Å². The van der Waals surface area contributed by atoms with Crippen LogP contribution >= 0.6 is 0 Å². The van der Waals surface area contributed by atoms with E-state index in [0.717, 1.165) is 0 Å². The molecule has 0 aliphatic carbocycles. The van der Waals surface area contributed by atoms with E-state index in [4.69, 9.17) is 0 Å². The monoisotopic (exact) mass is 203 g/mol. The Balaban J connectivity index is 3.15. The number of sulfonamides is 1. The van der Waals surface area contributed by atoms with Gasteiger partial charge in [-0.3, -0.25) is 4.68 Å². The smallest absolute Gasteiger partial charge is 0.243 e. The highest BCUT2D eigenvalue weighted by Gasteiger charge is 2.18. The van der Waals surface area contributed by atoms with E-state index in [1.165, 1.54) is 10.9 Å². The van der Waals surface area contributed by atoms with Crippen LogP contribution in [0.15, 0.2) is 11.1 Å². The fourth-order valence-corrected chi connectivity index (χ4v) is 2.25. The summed E-state index contributed by atoms with van der Waals surface area (Å²) >= 11 is 0. The number of hydrogen-bond donors (Lipinski definition) is 1. The number of nitrogens with zero attached hydrogens (tertiary/aromatic N) is 2. The third kappa shape index (κ3) is 1.89. The van der Waals surface area contributed by atoms with Gasteiger partial charge in [-0.25, -0.2) is 13.1 Å². The van der Waals surface area contributed by atoms with Crippen molar-refractivity contribution in [3.8, 4) is 0 Å². The molecule has 1 aromatic rings. The predicted octanol–water partition coefficient (Wildman–Crippen LogP) is 0.0267. The van der Waals surface area contributed by atoms with Gasteiger partial charge in [0.15, 0.2) is 0 Å². The summed E-state index contributed by atoms with van der Waals surface area (Å²) in [6.45, 7) is 3.84. The lowest BCUT2D eigenvalue weighted by Gasteiger charge is -2.02. The van der Waals surface area contributed by atoms with E-state index in [9.17, 15) is 8.42 Å². The van der Waals surface area contributed by atoms with Crippen molar-refractivity contribution in [2.24, 2.45) is 7.05 Å². The van der Waals surface area contributed by atoms with Gasteiger partial charge in [-0.15, -0.1) is 0 Å². The van der Waals surface area contributed by atoms with Gasteiger partial charge in [0, 0.05) is 13.6 Å². The molecule has 0 saturated carbocycles. The molecule has 13 heavy (non-hydrogen) atoms. The summed E-state index contributed by atoms with van der Waals surface area (Å²) in [6.07, 6.45) is 1.35. The van der Waals surface area contributed by atoms with Crippen LogP contribution in [0.4, 0.5) is 0 Å². The number of aromatic nitrogens is 2. The molecule has 0 bridgehead atoms. The first kappa shape index (κ1) is 10.2. The molecule has 0 fully saturated rings. The normalized spacial score (nSPS) is 11.9. The molecule has 1 rings (SSSR count). The standard InChI is InChI=1S/C7H13N3O2S/c1-4-9-13(11,12)7-5-8-10(3)6(7)2/h5,9H,4H2,1-3H3. The molecule has 0 radical (unpaired) electrons. The first-order valence-corrected chi connectivity index (χ1v) is 5.45. The van der Waals surface area contributed by atoms with Crippen molar-refractivity contribution < 1.29 is 8.42 Å². The Morgan fingerprint density at radius 2 is 2.23 bits per heavy atom. The van der Waals surface area contributed by atoms with Gasteiger partial charge in [0.1, 0.15) is 4.90 Å². The molecular formula is C7H13N3O2S. The first-order chi connectivity index (χ1) is 5.99. The second kappa shape index (κ2) is 3.47. The Morgan fingerprint density at radius 3 is 2.62 bits per heavy atom. The highest BCUT2D eigenvalue weighted by molar-refractivity contribution is 7.89. The van der Waals surface area contributed by atoms with Crippen molar-refractivity contribution in [1.82, 2.24) is 14.5 Å². The molecule has 5 nitrogen and oxygen atoms in total. The fraction of sp³-hybridized carbons (Fsp3) is 0.571. The minimum Gasteiger partial charge on any atom is -0.272 e. The van der Waals surface area contributed by atoms with Gasteiger partial charge in [-0.05, 0) is 6.92 Å². The maximum absolute atomic E-state index is 11.5. The van der Waals surface area contributed by atoms with E-state index >= 15 is 0 Å². The van der Waals surface area contributed by atoms with Crippen LogP contribution in [-0.4, -0.2) is 24.7 Å². The predicted molar refractivity (Wildman–Crippen MR) is 48.8 cm³/mol. The average Bonchev–Trinajstić information content (AvgIpc) is 2.33. The van der Waals surface area contributed by atoms with Crippen LogP contribution in [0.1, 0.15) is 12.6 Å². The second-order valence-electron chi connectivity index (χ2n) is 2.72. The summed E-state index contributed by atoms with van der Waals surface area (Å²) in [5, 5.41) is 3.86. The number of rotatable bonds is 3. The lowest BCUT2D eigenvalue weighted by Crippen LogP contribution is -2.23. The molecule has 1 heterocycles. The Morgan fingerprint density at radius 1 is 1.62 bits per heavy atom. The minimum absolute atomic E-state index is 0.247. The van der Waals surface area contributed by atoms with Crippen LogP contribution < -0.4 is 4.72 Å². The Kier molecular flexibility index (Phi) is 2.72.